The predicted molar refractivity (Wildman–Crippen MR) is 72.1 cm³/mol. The molecule has 0 aromatic carbocycles. The molecule has 1 saturated heterocycles. The van der Waals surface area contributed by atoms with Crippen LogP contribution in [0.4, 0.5) is 0 Å². The molecule has 2 fully saturated rings. The molecule has 0 amide bonds. The average Bonchev–Trinajstić information content (AvgIpc) is 2.28. The lowest BCUT2D eigenvalue weighted by Crippen LogP contribution is -2.40. The molecule has 3 N–H and O–H groups in total. The minimum absolute atomic E-state index is 0.633. The van der Waals surface area contributed by atoms with Crippen molar-refractivity contribution in [2.24, 2.45) is 16.6 Å². The van der Waals surface area contributed by atoms with Crippen molar-refractivity contribution in [1.82, 2.24) is 10.2 Å². The van der Waals surface area contributed by atoms with Crippen molar-refractivity contribution in [3.63, 3.8) is 0 Å². The van der Waals surface area contributed by atoms with Crippen molar-refractivity contribution >= 4 is 5.96 Å². The van der Waals surface area contributed by atoms with Crippen molar-refractivity contribution in [1.29, 1.82) is 0 Å². The maximum Gasteiger partial charge on any atom is 0.188 e. The van der Waals surface area contributed by atoms with Crippen LogP contribution in [0.2, 0.25) is 0 Å². The third-order valence-electron chi connectivity index (χ3n) is 3.93. The Morgan fingerprint density at radius 1 is 1.18 bits per heavy atom. The minimum Gasteiger partial charge on any atom is -0.370 e. The standard InChI is InChI=1S/C13H26N4/c14-13(16-11-12-5-4-6-12)15-7-10-17-8-2-1-3-9-17/h12H,1-11H2,(H3,14,15,16). The van der Waals surface area contributed by atoms with E-state index in [9.17, 15) is 0 Å². The maximum atomic E-state index is 5.84. The molecular weight excluding hydrogens is 212 g/mol. The van der Waals surface area contributed by atoms with Gasteiger partial charge in [0.1, 0.15) is 0 Å². The highest BCUT2D eigenvalue weighted by Crippen LogP contribution is 2.26. The fraction of sp³-hybridized carbons (Fsp3) is 0.923. The summed E-state index contributed by atoms with van der Waals surface area (Å²) in [6, 6.07) is 0. The van der Waals surface area contributed by atoms with Gasteiger partial charge in [0.25, 0.3) is 0 Å². The molecule has 2 aliphatic rings. The van der Waals surface area contributed by atoms with Crippen LogP contribution in [0.25, 0.3) is 0 Å². The first-order valence-electron chi connectivity index (χ1n) is 7.11. The number of nitrogens with zero attached hydrogens (tertiary/aromatic N) is 2. The Bertz CT molecular complexity index is 242. The van der Waals surface area contributed by atoms with Crippen molar-refractivity contribution in [2.45, 2.75) is 38.5 Å². The third kappa shape index (κ3) is 4.54. The molecule has 0 bridgehead atoms. The van der Waals surface area contributed by atoms with E-state index in [1.54, 1.807) is 0 Å². The molecule has 1 heterocycles. The van der Waals surface area contributed by atoms with E-state index in [2.05, 4.69) is 15.2 Å². The normalized spacial score (nSPS) is 23.4. The first-order valence-corrected chi connectivity index (χ1v) is 7.11. The number of piperidine rings is 1. The van der Waals surface area contributed by atoms with E-state index < -0.39 is 0 Å². The van der Waals surface area contributed by atoms with Gasteiger partial charge in [-0.05, 0) is 44.7 Å². The molecule has 0 unspecified atom stereocenters. The third-order valence-corrected chi connectivity index (χ3v) is 3.93. The van der Waals surface area contributed by atoms with Crippen LogP contribution in [0.5, 0.6) is 0 Å². The Hall–Kier alpha value is -0.770. The van der Waals surface area contributed by atoms with Crippen molar-refractivity contribution < 1.29 is 0 Å². The molecule has 98 valence electrons. The molecule has 4 nitrogen and oxygen atoms in total. The molecule has 0 radical (unpaired) electrons. The number of aliphatic imine (C=N–C) groups is 1. The van der Waals surface area contributed by atoms with E-state index in [1.165, 1.54) is 51.6 Å². The van der Waals surface area contributed by atoms with Crippen LogP contribution < -0.4 is 11.1 Å². The molecule has 2 rings (SSSR count). The number of nitrogens with one attached hydrogen (secondary N) is 1. The molecule has 0 spiro atoms. The summed E-state index contributed by atoms with van der Waals surface area (Å²) < 4.78 is 0. The van der Waals surface area contributed by atoms with Gasteiger partial charge in [0.05, 0.1) is 0 Å². The maximum absolute atomic E-state index is 5.84. The van der Waals surface area contributed by atoms with Crippen LogP contribution in [0, 0.1) is 5.92 Å². The van der Waals surface area contributed by atoms with Crippen LogP contribution in [0.15, 0.2) is 4.99 Å². The molecule has 1 saturated carbocycles. The Morgan fingerprint density at radius 2 is 1.94 bits per heavy atom. The van der Waals surface area contributed by atoms with Gasteiger partial charge >= 0.3 is 0 Å². The summed E-state index contributed by atoms with van der Waals surface area (Å²) in [5.41, 5.74) is 5.84. The highest BCUT2D eigenvalue weighted by molar-refractivity contribution is 5.77. The van der Waals surface area contributed by atoms with Gasteiger partial charge in [-0.25, -0.2) is 0 Å². The van der Waals surface area contributed by atoms with Gasteiger partial charge in [0, 0.05) is 19.6 Å². The number of likely N-dealkylation sites (tertiary alicyclic amines) is 1. The van der Waals surface area contributed by atoms with E-state index in [0.29, 0.717) is 5.96 Å². The molecule has 4 heteroatoms. The largest absolute Gasteiger partial charge is 0.370 e. The number of nitrogens with two attached hydrogens (primary N) is 1. The van der Waals surface area contributed by atoms with Gasteiger partial charge < -0.3 is 16.0 Å². The first kappa shape index (κ1) is 12.7. The van der Waals surface area contributed by atoms with Crippen LogP contribution in [-0.4, -0.2) is 43.6 Å². The van der Waals surface area contributed by atoms with Crippen LogP contribution in [0.1, 0.15) is 38.5 Å². The van der Waals surface area contributed by atoms with Crippen molar-refractivity contribution in [3.8, 4) is 0 Å². The highest BCUT2D eigenvalue weighted by Gasteiger charge is 2.16. The summed E-state index contributed by atoms with van der Waals surface area (Å²) in [7, 11) is 0. The Labute approximate surface area is 105 Å². The monoisotopic (exact) mass is 238 g/mol. The zero-order chi connectivity index (χ0) is 11.9. The van der Waals surface area contributed by atoms with Crippen LogP contribution in [-0.2, 0) is 0 Å². The summed E-state index contributed by atoms with van der Waals surface area (Å²) in [4.78, 5) is 6.90. The molecule has 1 aliphatic carbocycles. The average molecular weight is 238 g/mol. The molecule has 0 aromatic rings. The van der Waals surface area contributed by atoms with Gasteiger partial charge in [0.15, 0.2) is 5.96 Å². The molecule has 1 aliphatic heterocycles. The van der Waals surface area contributed by atoms with Gasteiger partial charge in [-0.1, -0.05) is 12.8 Å². The van der Waals surface area contributed by atoms with Crippen LogP contribution >= 0.6 is 0 Å². The molecule has 0 atom stereocenters. The molecule has 0 aromatic heterocycles. The van der Waals surface area contributed by atoms with Gasteiger partial charge in [-0.3, -0.25) is 4.99 Å². The fourth-order valence-corrected chi connectivity index (χ4v) is 2.48. The number of hydrogen-bond donors (Lipinski definition) is 2. The lowest BCUT2D eigenvalue weighted by Gasteiger charge is -2.26. The number of rotatable bonds is 5. The minimum atomic E-state index is 0.633. The summed E-state index contributed by atoms with van der Waals surface area (Å²) in [5, 5.41) is 3.22. The molecule has 17 heavy (non-hydrogen) atoms. The van der Waals surface area contributed by atoms with Crippen molar-refractivity contribution in [3.05, 3.63) is 0 Å². The fourth-order valence-electron chi connectivity index (χ4n) is 2.48. The Kier molecular flexibility index (Phi) is 5.10. The molecular formula is C13H26N4. The van der Waals surface area contributed by atoms with E-state index >= 15 is 0 Å². The second kappa shape index (κ2) is 6.84. The second-order valence-corrected chi connectivity index (χ2v) is 5.35. The zero-order valence-corrected chi connectivity index (χ0v) is 10.8. The summed E-state index contributed by atoms with van der Waals surface area (Å²) >= 11 is 0. The Morgan fingerprint density at radius 3 is 2.59 bits per heavy atom. The zero-order valence-electron chi connectivity index (χ0n) is 10.8. The van der Waals surface area contributed by atoms with E-state index in [-0.39, 0.29) is 0 Å². The lowest BCUT2D eigenvalue weighted by molar-refractivity contribution is 0.232. The summed E-state index contributed by atoms with van der Waals surface area (Å²) in [6.45, 7) is 5.45. The quantitative estimate of drug-likeness (QED) is 0.558. The lowest BCUT2D eigenvalue weighted by atomic mass is 9.86. The Balaban J connectivity index is 1.53. The van der Waals surface area contributed by atoms with E-state index in [0.717, 1.165) is 25.6 Å². The summed E-state index contributed by atoms with van der Waals surface area (Å²) in [6.07, 6.45) is 8.16. The van der Waals surface area contributed by atoms with Gasteiger partial charge in [-0.15, -0.1) is 0 Å². The van der Waals surface area contributed by atoms with E-state index in [4.69, 9.17) is 5.73 Å². The van der Waals surface area contributed by atoms with Crippen molar-refractivity contribution in [2.75, 3.05) is 32.7 Å². The van der Waals surface area contributed by atoms with Gasteiger partial charge in [-0.2, -0.15) is 0 Å². The predicted octanol–water partition coefficient (Wildman–Crippen LogP) is 1.18. The number of hydrogen-bond acceptors (Lipinski definition) is 2. The van der Waals surface area contributed by atoms with Crippen LogP contribution in [0.3, 0.4) is 0 Å². The first-order chi connectivity index (χ1) is 8.34. The SMILES string of the molecule is NC(=NCC1CCC1)NCCN1CCCCC1. The van der Waals surface area contributed by atoms with Gasteiger partial charge in [0.2, 0.25) is 0 Å². The highest BCUT2D eigenvalue weighted by atomic mass is 15.2. The smallest absolute Gasteiger partial charge is 0.188 e. The topological polar surface area (TPSA) is 53.6 Å². The van der Waals surface area contributed by atoms with E-state index in [1.807, 2.05) is 0 Å². The second-order valence-electron chi connectivity index (χ2n) is 5.35. The number of guanidine groups is 1. The summed E-state index contributed by atoms with van der Waals surface area (Å²) in [5.74, 6) is 1.44.